The Morgan fingerprint density at radius 3 is 2.56 bits per heavy atom. The number of nitrogens with zero attached hydrogens (tertiary/aromatic N) is 1. The largest absolute Gasteiger partial charge is 0.497 e. The summed E-state index contributed by atoms with van der Waals surface area (Å²) in [6.07, 6.45) is 2.87. The van der Waals surface area contributed by atoms with Crippen LogP contribution < -0.4 is 4.74 Å². The van der Waals surface area contributed by atoms with E-state index in [9.17, 15) is 13.6 Å². The maximum absolute atomic E-state index is 14.1. The highest BCUT2D eigenvalue weighted by Gasteiger charge is 2.10. The van der Waals surface area contributed by atoms with Gasteiger partial charge in [0, 0.05) is 17.2 Å². The first-order valence-electron chi connectivity index (χ1n) is 7.44. The molecule has 1 aromatic heterocycles. The monoisotopic (exact) mass is 340 g/mol. The molecule has 0 fully saturated rings. The van der Waals surface area contributed by atoms with Crippen molar-refractivity contribution in [2.24, 2.45) is 0 Å². The van der Waals surface area contributed by atoms with Crippen molar-refractivity contribution in [3.8, 4) is 17.0 Å². The zero-order valence-corrected chi connectivity index (χ0v) is 13.3. The van der Waals surface area contributed by atoms with Crippen molar-refractivity contribution in [3.05, 3.63) is 77.5 Å². The summed E-state index contributed by atoms with van der Waals surface area (Å²) in [6.45, 7) is 0. The standard InChI is InChI=1S/C19H14F2N2O2/c1-25-15-7-8-16(17(21)11-15)18-10-14(22-23-18)6-9-19(24)12-2-4-13(20)5-3-12/h2-11H,1H3,(H,22,23). The fourth-order valence-electron chi connectivity index (χ4n) is 2.27. The minimum Gasteiger partial charge on any atom is -0.497 e. The van der Waals surface area contributed by atoms with E-state index in [0.717, 1.165) is 0 Å². The van der Waals surface area contributed by atoms with E-state index in [2.05, 4.69) is 10.2 Å². The molecule has 0 aliphatic rings. The number of hydrogen-bond donors (Lipinski definition) is 1. The van der Waals surface area contributed by atoms with Gasteiger partial charge in [0.05, 0.1) is 18.5 Å². The minimum atomic E-state index is -0.455. The van der Waals surface area contributed by atoms with Gasteiger partial charge in [0.25, 0.3) is 0 Å². The first-order chi connectivity index (χ1) is 12.1. The topological polar surface area (TPSA) is 55.0 Å². The number of carbonyl (C=O) groups excluding carboxylic acids is 1. The molecule has 1 heterocycles. The smallest absolute Gasteiger partial charge is 0.185 e. The molecule has 4 nitrogen and oxygen atoms in total. The molecule has 25 heavy (non-hydrogen) atoms. The lowest BCUT2D eigenvalue weighted by Crippen LogP contribution is -1.93. The van der Waals surface area contributed by atoms with E-state index in [4.69, 9.17) is 4.74 Å². The molecule has 0 spiro atoms. The van der Waals surface area contributed by atoms with Gasteiger partial charge in [-0.25, -0.2) is 8.78 Å². The third kappa shape index (κ3) is 3.80. The number of methoxy groups -OCH3 is 1. The molecule has 0 aliphatic carbocycles. The summed E-state index contributed by atoms with van der Waals surface area (Å²) < 4.78 is 31.9. The first-order valence-corrected chi connectivity index (χ1v) is 7.44. The van der Waals surface area contributed by atoms with Crippen molar-refractivity contribution in [2.45, 2.75) is 0 Å². The first kappa shape index (κ1) is 16.6. The Balaban J connectivity index is 1.77. The van der Waals surface area contributed by atoms with Crippen molar-refractivity contribution in [2.75, 3.05) is 7.11 Å². The number of hydrogen-bond acceptors (Lipinski definition) is 3. The predicted molar refractivity (Wildman–Crippen MR) is 90.3 cm³/mol. The molecule has 0 amide bonds. The van der Waals surface area contributed by atoms with Gasteiger partial charge in [-0.05, 0) is 54.6 Å². The number of rotatable bonds is 5. The van der Waals surface area contributed by atoms with Gasteiger partial charge in [-0.2, -0.15) is 5.10 Å². The normalized spacial score (nSPS) is 11.0. The Kier molecular flexibility index (Phi) is 4.70. The van der Waals surface area contributed by atoms with E-state index in [0.29, 0.717) is 28.3 Å². The number of aromatic nitrogens is 2. The van der Waals surface area contributed by atoms with E-state index in [1.165, 1.54) is 49.6 Å². The van der Waals surface area contributed by atoms with Gasteiger partial charge < -0.3 is 4.74 Å². The van der Waals surface area contributed by atoms with Crippen LogP contribution in [0.2, 0.25) is 0 Å². The van der Waals surface area contributed by atoms with Gasteiger partial charge in [0.1, 0.15) is 17.4 Å². The number of carbonyl (C=O) groups is 1. The molecule has 3 aromatic rings. The molecule has 0 radical (unpaired) electrons. The van der Waals surface area contributed by atoms with Crippen molar-refractivity contribution in [1.82, 2.24) is 10.2 Å². The summed E-state index contributed by atoms with van der Waals surface area (Å²) in [5.74, 6) is -0.711. The predicted octanol–water partition coefficient (Wildman–Crippen LogP) is 4.26. The Hall–Kier alpha value is -3.28. The molecular formula is C19H14F2N2O2. The lowest BCUT2D eigenvalue weighted by Gasteiger charge is -2.02. The van der Waals surface area contributed by atoms with Gasteiger partial charge in [-0.15, -0.1) is 0 Å². The van der Waals surface area contributed by atoms with E-state index in [-0.39, 0.29) is 5.78 Å². The number of ether oxygens (including phenoxy) is 1. The average molecular weight is 340 g/mol. The second-order valence-corrected chi connectivity index (χ2v) is 5.26. The number of nitrogens with one attached hydrogen (secondary N) is 1. The summed E-state index contributed by atoms with van der Waals surface area (Å²) in [6, 6.07) is 11.4. The highest BCUT2D eigenvalue weighted by Crippen LogP contribution is 2.25. The number of halogens is 2. The fraction of sp³-hybridized carbons (Fsp3) is 0.0526. The molecule has 0 aliphatic heterocycles. The lowest BCUT2D eigenvalue weighted by molar-refractivity contribution is 0.104. The van der Waals surface area contributed by atoms with Crippen LogP contribution in [0.15, 0.2) is 54.6 Å². The van der Waals surface area contributed by atoms with E-state index < -0.39 is 11.6 Å². The van der Waals surface area contributed by atoms with Crippen LogP contribution in [-0.2, 0) is 0 Å². The number of allylic oxidation sites excluding steroid dienone is 1. The van der Waals surface area contributed by atoms with Crippen LogP contribution in [0.5, 0.6) is 5.75 Å². The molecule has 3 rings (SSSR count). The van der Waals surface area contributed by atoms with Crippen LogP contribution in [0.25, 0.3) is 17.3 Å². The molecule has 0 unspecified atom stereocenters. The zero-order valence-electron chi connectivity index (χ0n) is 13.3. The zero-order chi connectivity index (χ0) is 17.8. The van der Waals surface area contributed by atoms with Crippen molar-refractivity contribution in [3.63, 3.8) is 0 Å². The molecule has 2 aromatic carbocycles. The van der Waals surface area contributed by atoms with Crippen LogP contribution in [0.4, 0.5) is 8.78 Å². The van der Waals surface area contributed by atoms with Crippen LogP contribution in [0.3, 0.4) is 0 Å². The molecule has 0 saturated heterocycles. The van der Waals surface area contributed by atoms with Crippen molar-refractivity contribution < 1.29 is 18.3 Å². The Morgan fingerprint density at radius 2 is 1.88 bits per heavy atom. The minimum absolute atomic E-state index is 0.272. The van der Waals surface area contributed by atoms with E-state index in [1.807, 2.05) is 0 Å². The molecule has 0 bridgehead atoms. The summed E-state index contributed by atoms with van der Waals surface area (Å²) in [7, 11) is 1.46. The Labute approximate surface area is 142 Å². The van der Waals surface area contributed by atoms with E-state index >= 15 is 0 Å². The number of H-pyrrole nitrogens is 1. The molecule has 0 saturated carbocycles. The summed E-state index contributed by atoms with van der Waals surface area (Å²) in [5, 5.41) is 6.78. The average Bonchev–Trinajstić information content (AvgIpc) is 3.08. The number of ketones is 1. The maximum Gasteiger partial charge on any atom is 0.185 e. The summed E-state index contributed by atoms with van der Waals surface area (Å²) >= 11 is 0. The van der Waals surface area contributed by atoms with Gasteiger partial charge >= 0.3 is 0 Å². The number of benzene rings is 2. The lowest BCUT2D eigenvalue weighted by atomic mass is 10.1. The Morgan fingerprint density at radius 1 is 1.12 bits per heavy atom. The summed E-state index contributed by atoms with van der Waals surface area (Å²) in [4.78, 5) is 12.0. The fourth-order valence-corrected chi connectivity index (χ4v) is 2.27. The van der Waals surface area contributed by atoms with E-state index in [1.54, 1.807) is 18.2 Å². The second kappa shape index (κ2) is 7.09. The van der Waals surface area contributed by atoms with Crippen LogP contribution in [0.1, 0.15) is 16.1 Å². The highest BCUT2D eigenvalue weighted by atomic mass is 19.1. The quantitative estimate of drug-likeness (QED) is 0.558. The summed E-state index contributed by atoms with van der Waals surface area (Å²) in [5.41, 5.74) is 1.65. The molecule has 0 atom stereocenters. The second-order valence-electron chi connectivity index (χ2n) is 5.26. The SMILES string of the molecule is COc1ccc(-c2cc(C=CC(=O)c3ccc(F)cc3)[nH]n2)c(F)c1. The van der Waals surface area contributed by atoms with Gasteiger partial charge in [0.15, 0.2) is 5.78 Å². The van der Waals surface area contributed by atoms with Gasteiger partial charge in [-0.1, -0.05) is 0 Å². The van der Waals surface area contributed by atoms with Crippen LogP contribution in [-0.4, -0.2) is 23.1 Å². The molecule has 1 N–H and O–H groups in total. The van der Waals surface area contributed by atoms with Crippen LogP contribution in [0, 0.1) is 11.6 Å². The molecule has 126 valence electrons. The molecular weight excluding hydrogens is 326 g/mol. The molecule has 6 heteroatoms. The van der Waals surface area contributed by atoms with Crippen LogP contribution >= 0.6 is 0 Å². The Bertz CT molecular complexity index is 931. The maximum atomic E-state index is 14.1. The van der Waals surface area contributed by atoms with Crippen molar-refractivity contribution in [1.29, 1.82) is 0 Å². The third-order valence-electron chi connectivity index (χ3n) is 3.59. The number of aromatic amines is 1. The third-order valence-corrected chi connectivity index (χ3v) is 3.59. The van der Waals surface area contributed by atoms with Gasteiger partial charge in [-0.3, -0.25) is 9.89 Å². The van der Waals surface area contributed by atoms with Crippen molar-refractivity contribution >= 4 is 11.9 Å². The van der Waals surface area contributed by atoms with Gasteiger partial charge in [0.2, 0.25) is 0 Å². The highest BCUT2D eigenvalue weighted by molar-refractivity contribution is 6.06.